The van der Waals surface area contributed by atoms with E-state index in [4.69, 9.17) is 9.47 Å². The van der Waals surface area contributed by atoms with Gasteiger partial charge in [-0.1, -0.05) is 18.2 Å². The van der Waals surface area contributed by atoms with Crippen LogP contribution in [-0.4, -0.2) is 62.0 Å². The SMILES string of the molecule is COCCCNC(=O)CN(Cc1ccccc1O)CC1CCCO1. The average molecular weight is 336 g/mol. The summed E-state index contributed by atoms with van der Waals surface area (Å²) in [4.78, 5) is 14.2. The molecule has 6 nitrogen and oxygen atoms in total. The van der Waals surface area contributed by atoms with Gasteiger partial charge in [0.15, 0.2) is 0 Å². The summed E-state index contributed by atoms with van der Waals surface area (Å²) >= 11 is 0. The number of carbonyl (C=O) groups excluding carboxylic acids is 1. The number of benzene rings is 1. The third kappa shape index (κ3) is 6.47. The molecule has 0 bridgehead atoms. The van der Waals surface area contributed by atoms with Crippen molar-refractivity contribution in [3.05, 3.63) is 29.8 Å². The summed E-state index contributed by atoms with van der Waals surface area (Å²) in [5.74, 6) is 0.245. The first kappa shape index (κ1) is 18.7. The third-order valence-electron chi connectivity index (χ3n) is 4.09. The van der Waals surface area contributed by atoms with E-state index in [1.165, 1.54) is 0 Å². The molecule has 1 aromatic carbocycles. The number of nitrogens with one attached hydrogen (secondary N) is 1. The highest BCUT2D eigenvalue weighted by molar-refractivity contribution is 5.78. The first-order valence-corrected chi connectivity index (χ1v) is 8.55. The summed E-state index contributed by atoms with van der Waals surface area (Å²) in [5, 5.41) is 12.9. The molecule has 0 spiro atoms. The van der Waals surface area contributed by atoms with Crippen molar-refractivity contribution < 1.29 is 19.4 Å². The maximum absolute atomic E-state index is 12.2. The lowest BCUT2D eigenvalue weighted by molar-refractivity contribution is -0.122. The van der Waals surface area contributed by atoms with Gasteiger partial charge in [0, 0.05) is 45.5 Å². The van der Waals surface area contributed by atoms with Gasteiger partial charge < -0.3 is 19.9 Å². The van der Waals surface area contributed by atoms with E-state index < -0.39 is 0 Å². The monoisotopic (exact) mass is 336 g/mol. The number of ether oxygens (including phenoxy) is 2. The van der Waals surface area contributed by atoms with Crippen LogP contribution in [0, 0.1) is 0 Å². The van der Waals surface area contributed by atoms with E-state index in [0.29, 0.717) is 32.8 Å². The van der Waals surface area contributed by atoms with Crippen molar-refractivity contribution in [3.8, 4) is 5.75 Å². The second kappa shape index (κ2) is 10.3. The standard InChI is InChI=1S/C18H28N2O4/c1-23-10-5-9-19-18(22)14-20(13-16-7-4-11-24-16)12-15-6-2-3-8-17(15)21/h2-3,6,8,16,21H,4-5,7,9-14H2,1H3,(H,19,22). The fraction of sp³-hybridized carbons (Fsp3) is 0.611. The van der Waals surface area contributed by atoms with E-state index in [1.807, 2.05) is 17.0 Å². The molecule has 0 aromatic heterocycles. The smallest absolute Gasteiger partial charge is 0.234 e. The fourth-order valence-corrected chi connectivity index (χ4v) is 2.85. The molecule has 24 heavy (non-hydrogen) atoms. The molecule has 2 N–H and O–H groups in total. The van der Waals surface area contributed by atoms with Crippen molar-refractivity contribution in [2.24, 2.45) is 0 Å². The molecule has 0 saturated carbocycles. The van der Waals surface area contributed by atoms with Gasteiger partial charge in [0.1, 0.15) is 5.75 Å². The molecule has 6 heteroatoms. The average Bonchev–Trinajstić information content (AvgIpc) is 3.07. The summed E-state index contributed by atoms with van der Waals surface area (Å²) in [7, 11) is 1.65. The quantitative estimate of drug-likeness (QED) is 0.634. The van der Waals surface area contributed by atoms with Crippen molar-refractivity contribution >= 4 is 5.91 Å². The number of nitrogens with zero attached hydrogens (tertiary/aromatic N) is 1. The minimum absolute atomic E-state index is 0.0143. The topological polar surface area (TPSA) is 71.0 Å². The molecule has 1 unspecified atom stereocenters. The van der Waals surface area contributed by atoms with Crippen LogP contribution in [-0.2, 0) is 20.8 Å². The molecule has 1 saturated heterocycles. The van der Waals surface area contributed by atoms with Crippen LogP contribution in [0.25, 0.3) is 0 Å². The summed E-state index contributed by atoms with van der Waals surface area (Å²) < 4.78 is 10.7. The predicted octanol–water partition coefficient (Wildman–Crippen LogP) is 1.53. The van der Waals surface area contributed by atoms with Gasteiger partial charge in [0.25, 0.3) is 0 Å². The van der Waals surface area contributed by atoms with Gasteiger partial charge in [-0.25, -0.2) is 0 Å². The van der Waals surface area contributed by atoms with Gasteiger partial charge >= 0.3 is 0 Å². The van der Waals surface area contributed by atoms with Crippen LogP contribution >= 0.6 is 0 Å². The lowest BCUT2D eigenvalue weighted by Crippen LogP contribution is -2.40. The summed E-state index contributed by atoms with van der Waals surface area (Å²) in [6.45, 7) is 3.55. The number of amides is 1. The minimum Gasteiger partial charge on any atom is -0.508 e. The Bertz CT molecular complexity index is 504. The van der Waals surface area contributed by atoms with Crippen molar-refractivity contribution in [1.29, 1.82) is 0 Å². The maximum Gasteiger partial charge on any atom is 0.234 e. The van der Waals surface area contributed by atoms with Crippen molar-refractivity contribution in [3.63, 3.8) is 0 Å². The van der Waals surface area contributed by atoms with Crippen molar-refractivity contribution in [2.75, 3.05) is 40.0 Å². The van der Waals surface area contributed by atoms with Crippen LogP contribution in [0.2, 0.25) is 0 Å². The van der Waals surface area contributed by atoms with Gasteiger partial charge in [-0.2, -0.15) is 0 Å². The molecule has 1 atom stereocenters. The molecule has 0 radical (unpaired) electrons. The first-order chi connectivity index (χ1) is 11.7. The molecular weight excluding hydrogens is 308 g/mol. The van der Waals surface area contributed by atoms with E-state index in [0.717, 1.165) is 31.4 Å². The van der Waals surface area contributed by atoms with Gasteiger partial charge in [0.2, 0.25) is 5.91 Å². The normalized spacial score (nSPS) is 17.3. The Morgan fingerprint density at radius 1 is 1.46 bits per heavy atom. The Morgan fingerprint density at radius 2 is 2.29 bits per heavy atom. The maximum atomic E-state index is 12.2. The van der Waals surface area contributed by atoms with E-state index in [-0.39, 0.29) is 17.8 Å². The van der Waals surface area contributed by atoms with Crippen LogP contribution in [0.5, 0.6) is 5.75 Å². The molecule has 1 aromatic rings. The predicted molar refractivity (Wildman–Crippen MR) is 91.9 cm³/mol. The van der Waals surface area contributed by atoms with Crippen LogP contribution in [0.1, 0.15) is 24.8 Å². The van der Waals surface area contributed by atoms with Gasteiger partial charge in [-0.05, 0) is 25.3 Å². The van der Waals surface area contributed by atoms with Gasteiger partial charge in [-0.3, -0.25) is 9.69 Å². The Kier molecular flexibility index (Phi) is 8.01. The number of phenols is 1. The van der Waals surface area contributed by atoms with Crippen LogP contribution in [0.3, 0.4) is 0 Å². The fourth-order valence-electron chi connectivity index (χ4n) is 2.85. The number of hydrogen-bond donors (Lipinski definition) is 2. The van der Waals surface area contributed by atoms with Gasteiger partial charge in [-0.15, -0.1) is 0 Å². The second-order valence-electron chi connectivity index (χ2n) is 6.13. The molecule has 1 fully saturated rings. The summed E-state index contributed by atoms with van der Waals surface area (Å²) in [6, 6.07) is 7.24. The number of para-hydroxylation sites is 1. The molecule has 0 aliphatic carbocycles. The highest BCUT2D eigenvalue weighted by Crippen LogP contribution is 2.20. The lowest BCUT2D eigenvalue weighted by atomic mass is 10.1. The highest BCUT2D eigenvalue weighted by Gasteiger charge is 2.21. The molecule has 1 aliphatic heterocycles. The number of carbonyl (C=O) groups is 1. The highest BCUT2D eigenvalue weighted by atomic mass is 16.5. The largest absolute Gasteiger partial charge is 0.508 e. The van der Waals surface area contributed by atoms with E-state index >= 15 is 0 Å². The number of methoxy groups -OCH3 is 1. The Balaban J connectivity index is 1.89. The van der Waals surface area contributed by atoms with Crippen LogP contribution < -0.4 is 5.32 Å². The Morgan fingerprint density at radius 3 is 3.00 bits per heavy atom. The van der Waals surface area contributed by atoms with Crippen molar-refractivity contribution in [1.82, 2.24) is 10.2 Å². The number of hydrogen-bond acceptors (Lipinski definition) is 5. The van der Waals surface area contributed by atoms with E-state index in [1.54, 1.807) is 19.2 Å². The number of phenolic OH excluding ortho intramolecular Hbond substituents is 1. The van der Waals surface area contributed by atoms with Crippen LogP contribution in [0.4, 0.5) is 0 Å². The van der Waals surface area contributed by atoms with Gasteiger partial charge in [0.05, 0.1) is 12.6 Å². The van der Waals surface area contributed by atoms with Crippen molar-refractivity contribution in [2.45, 2.75) is 31.9 Å². The summed E-state index contributed by atoms with van der Waals surface area (Å²) in [5.41, 5.74) is 0.822. The molecule has 1 heterocycles. The van der Waals surface area contributed by atoms with Crippen LogP contribution in [0.15, 0.2) is 24.3 Å². The molecule has 1 amide bonds. The third-order valence-corrected chi connectivity index (χ3v) is 4.09. The summed E-state index contributed by atoms with van der Waals surface area (Å²) in [6.07, 6.45) is 3.05. The zero-order chi connectivity index (χ0) is 17.2. The zero-order valence-electron chi connectivity index (χ0n) is 14.4. The Hall–Kier alpha value is -1.63. The number of rotatable bonds is 10. The molecule has 1 aliphatic rings. The molecule has 134 valence electrons. The van der Waals surface area contributed by atoms with E-state index in [2.05, 4.69) is 5.32 Å². The minimum atomic E-state index is -0.0143. The van der Waals surface area contributed by atoms with E-state index in [9.17, 15) is 9.90 Å². The molecule has 2 rings (SSSR count). The first-order valence-electron chi connectivity index (χ1n) is 8.55. The Labute approximate surface area is 143 Å². The number of aromatic hydroxyl groups is 1. The second-order valence-corrected chi connectivity index (χ2v) is 6.13. The zero-order valence-corrected chi connectivity index (χ0v) is 14.4. The molecular formula is C18H28N2O4. The lowest BCUT2D eigenvalue weighted by Gasteiger charge is -2.25.